The first-order chi connectivity index (χ1) is 16.4. The molecular weight excluding hydrogens is 478 g/mol. The van der Waals surface area contributed by atoms with E-state index in [2.05, 4.69) is 5.32 Å². The van der Waals surface area contributed by atoms with Gasteiger partial charge in [0.2, 0.25) is 5.91 Å². The van der Waals surface area contributed by atoms with Crippen LogP contribution in [0.2, 0.25) is 0 Å². The van der Waals surface area contributed by atoms with Gasteiger partial charge in [0.1, 0.15) is 24.0 Å². The van der Waals surface area contributed by atoms with Gasteiger partial charge in [0.15, 0.2) is 0 Å². The minimum absolute atomic E-state index is 0.0627. The Kier molecular flexibility index (Phi) is 10.3. The summed E-state index contributed by atoms with van der Waals surface area (Å²) in [5.41, 5.74) is 7.92. The van der Waals surface area contributed by atoms with Gasteiger partial charge >= 0.3 is 0 Å². The zero-order valence-electron chi connectivity index (χ0n) is 19.4. The maximum Gasteiger partial charge on any atom is 0.261 e. The zero-order chi connectivity index (χ0) is 26.0. The summed E-state index contributed by atoms with van der Waals surface area (Å²) in [5, 5.41) is 3.05. The van der Waals surface area contributed by atoms with E-state index in [9.17, 15) is 22.0 Å². The minimum atomic E-state index is -3.67. The van der Waals surface area contributed by atoms with Crippen molar-refractivity contribution in [3.63, 3.8) is 0 Å². The molecule has 0 spiro atoms. The Morgan fingerprint density at radius 2 is 1.54 bits per heavy atom. The summed E-state index contributed by atoms with van der Waals surface area (Å²) in [5.74, 6) is -0.530. The van der Waals surface area contributed by atoms with Crippen LogP contribution in [0.15, 0.2) is 66.7 Å². The molecule has 10 heteroatoms. The molecule has 0 heterocycles. The molecule has 1 atom stereocenters. The van der Waals surface area contributed by atoms with Crippen molar-refractivity contribution in [2.24, 2.45) is 5.73 Å². The van der Waals surface area contributed by atoms with E-state index in [1.54, 1.807) is 49.4 Å². The molecule has 188 valence electrons. The molecule has 4 N–H and O–H groups in total. The summed E-state index contributed by atoms with van der Waals surface area (Å²) in [4.78, 5) is 11.2. The van der Waals surface area contributed by atoms with E-state index < -0.39 is 22.1 Å². The maximum atomic E-state index is 14.2. The number of primary amides is 1. The third-order valence-corrected chi connectivity index (χ3v) is 4.84. The fourth-order valence-corrected chi connectivity index (χ4v) is 3.01. The Morgan fingerprint density at radius 1 is 1.00 bits per heavy atom. The second-order valence-electron chi connectivity index (χ2n) is 7.83. The van der Waals surface area contributed by atoms with Gasteiger partial charge in [-0.15, -0.1) is 0 Å². The summed E-state index contributed by atoms with van der Waals surface area (Å²) in [6.07, 6.45) is 1.03. The molecule has 3 aromatic rings. The fraction of sp³-hybridized carbons (Fsp3) is 0.240. The number of amides is 1. The Bertz CT molecular complexity index is 1240. The minimum Gasteiger partial charge on any atom is -0.489 e. The molecule has 3 aromatic carbocycles. The van der Waals surface area contributed by atoms with Crippen molar-refractivity contribution < 1.29 is 31.3 Å². The fourth-order valence-electron chi connectivity index (χ4n) is 3.01. The number of rotatable bonds is 9. The standard InChI is InChI=1S/C24H24F2N2O2.CH4O3S/c1-16(24(27)29)28-14-17-10-11-23(30-15-19-7-3-5-9-22(19)26)20(12-17)13-18-6-2-4-8-21(18)25;1-5(2,3)4/h2-12,16,28H,13-15H2,1H3,(H2,27,29);1H3,(H,2,3,4). The van der Waals surface area contributed by atoms with Gasteiger partial charge in [-0.05, 0) is 41.8 Å². The van der Waals surface area contributed by atoms with Crippen LogP contribution in [0.3, 0.4) is 0 Å². The number of hydrogen-bond donors (Lipinski definition) is 3. The lowest BCUT2D eigenvalue weighted by Gasteiger charge is -2.16. The van der Waals surface area contributed by atoms with E-state index in [0.29, 0.717) is 36.1 Å². The Morgan fingerprint density at radius 3 is 2.09 bits per heavy atom. The summed E-state index contributed by atoms with van der Waals surface area (Å²) < 4.78 is 59.9. The summed E-state index contributed by atoms with van der Waals surface area (Å²) >= 11 is 0. The second-order valence-corrected chi connectivity index (χ2v) is 9.29. The number of carbonyl (C=O) groups is 1. The molecule has 1 amide bonds. The number of nitrogens with two attached hydrogens (primary N) is 1. The van der Waals surface area contributed by atoms with Crippen molar-refractivity contribution >= 4 is 16.0 Å². The van der Waals surface area contributed by atoms with Crippen LogP contribution in [-0.2, 0) is 34.5 Å². The predicted molar refractivity (Wildman–Crippen MR) is 129 cm³/mol. The molecular formula is C25H28F2N2O5S. The molecule has 0 saturated carbocycles. The molecule has 1 unspecified atom stereocenters. The van der Waals surface area contributed by atoms with Crippen molar-refractivity contribution in [3.8, 4) is 5.75 Å². The molecule has 0 radical (unpaired) electrons. The van der Waals surface area contributed by atoms with Crippen LogP contribution in [0, 0.1) is 11.6 Å². The third kappa shape index (κ3) is 10.2. The number of carbonyl (C=O) groups excluding carboxylic acids is 1. The number of ether oxygens (including phenoxy) is 1. The first-order valence-electron chi connectivity index (χ1n) is 10.6. The Labute approximate surface area is 203 Å². The lowest BCUT2D eigenvalue weighted by molar-refractivity contribution is -0.119. The van der Waals surface area contributed by atoms with Gasteiger partial charge < -0.3 is 15.8 Å². The molecule has 7 nitrogen and oxygen atoms in total. The Hall–Kier alpha value is -3.34. The van der Waals surface area contributed by atoms with Gasteiger partial charge in [-0.1, -0.05) is 48.5 Å². The first kappa shape index (κ1) is 27.9. The number of benzene rings is 3. The average molecular weight is 507 g/mol. The van der Waals surface area contributed by atoms with E-state index >= 15 is 0 Å². The predicted octanol–water partition coefficient (Wildman–Crippen LogP) is 3.60. The van der Waals surface area contributed by atoms with E-state index in [1.165, 1.54) is 12.1 Å². The maximum absolute atomic E-state index is 14.2. The molecule has 0 aliphatic rings. The molecule has 0 fully saturated rings. The molecule has 35 heavy (non-hydrogen) atoms. The monoisotopic (exact) mass is 506 g/mol. The van der Waals surface area contributed by atoms with Gasteiger partial charge in [0, 0.05) is 18.5 Å². The third-order valence-electron chi connectivity index (χ3n) is 4.84. The summed E-state index contributed by atoms with van der Waals surface area (Å²) in [6.45, 7) is 2.17. The quantitative estimate of drug-likeness (QED) is 0.382. The van der Waals surface area contributed by atoms with E-state index in [1.807, 2.05) is 12.1 Å². The number of halogens is 2. The van der Waals surface area contributed by atoms with Crippen LogP contribution in [0.5, 0.6) is 5.75 Å². The van der Waals surface area contributed by atoms with Crippen LogP contribution in [0.4, 0.5) is 8.78 Å². The van der Waals surface area contributed by atoms with Crippen molar-refractivity contribution in [1.82, 2.24) is 5.32 Å². The number of hydrogen-bond acceptors (Lipinski definition) is 5. The van der Waals surface area contributed by atoms with Gasteiger partial charge in [-0.2, -0.15) is 8.42 Å². The highest BCUT2D eigenvalue weighted by molar-refractivity contribution is 7.85. The lowest BCUT2D eigenvalue weighted by Crippen LogP contribution is -2.38. The van der Waals surface area contributed by atoms with Crippen LogP contribution < -0.4 is 15.8 Å². The van der Waals surface area contributed by atoms with Crippen molar-refractivity contribution in [2.45, 2.75) is 32.5 Å². The molecule has 0 saturated heterocycles. The SMILES string of the molecule is CC(NCc1ccc(OCc2ccccc2F)c(Cc2ccccc2F)c1)C(N)=O.CS(=O)(=O)O. The normalized spacial score (nSPS) is 11.8. The van der Waals surface area contributed by atoms with E-state index in [-0.39, 0.29) is 18.2 Å². The van der Waals surface area contributed by atoms with Crippen molar-refractivity contribution in [1.29, 1.82) is 0 Å². The smallest absolute Gasteiger partial charge is 0.261 e. The van der Waals surface area contributed by atoms with Crippen molar-refractivity contribution in [2.75, 3.05) is 6.26 Å². The molecule has 0 bridgehead atoms. The average Bonchev–Trinajstić information content (AvgIpc) is 2.78. The van der Waals surface area contributed by atoms with E-state index in [0.717, 1.165) is 11.1 Å². The molecule has 0 aliphatic carbocycles. The van der Waals surface area contributed by atoms with Gasteiger partial charge in [-0.3, -0.25) is 9.35 Å². The van der Waals surface area contributed by atoms with Gasteiger partial charge in [0.05, 0.1) is 12.3 Å². The summed E-state index contributed by atoms with van der Waals surface area (Å²) in [6, 6.07) is 18.0. The topological polar surface area (TPSA) is 119 Å². The summed E-state index contributed by atoms with van der Waals surface area (Å²) in [7, 11) is -3.67. The number of nitrogens with one attached hydrogen (secondary N) is 1. The molecule has 3 rings (SSSR count). The van der Waals surface area contributed by atoms with Gasteiger partial charge in [0.25, 0.3) is 10.1 Å². The Balaban J connectivity index is 0.000000784. The van der Waals surface area contributed by atoms with Crippen molar-refractivity contribution in [3.05, 3.63) is 101 Å². The highest BCUT2D eigenvalue weighted by Crippen LogP contribution is 2.26. The van der Waals surface area contributed by atoms with Crippen LogP contribution in [0.1, 0.15) is 29.2 Å². The second kappa shape index (κ2) is 12.9. The highest BCUT2D eigenvalue weighted by Gasteiger charge is 2.12. The first-order valence-corrected chi connectivity index (χ1v) is 12.5. The zero-order valence-corrected chi connectivity index (χ0v) is 20.2. The molecule has 0 aromatic heterocycles. The van der Waals surface area contributed by atoms with Crippen LogP contribution >= 0.6 is 0 Å². The lowest BCUT2D eigenvalue weighted by atomic mass is 10.0. The highest BCUT2D eigenvalue weighted by atomic mass is 32.2. The molecule has 0 aliphatic heterocycles. The van der Waals surface area contributed by atoms with E-state index in [4.69, 9.17) is 15.0 Å². The largest absolute Gasteiger partial charge is 0.489 e. The van der Waals surface area contributed by atoms with Crippen LogP contribution in [-0.4, -0.2) is 31.2 Å². The van der Waals surface area contributed by atoms with Crippen LogP contribution in [0.25, 0.3) is 0 Å². The van der Waals surface area contributed by atoms with Gasteiger partial charge in [-0.25, -0.2) is 8.78 Å².